The molecule has 0 atom stereocenters. The lowest BCUT2D eigenvalue weighted by atomic mass is 9.85. The lowest BCUT2D eigenvalue weighted by Crippen LogP contribution is -2.45. The Morgan fingerprint density at radius 3 is 2.48 bits per heavy atom. The zero-order valence-corrected chi connectivity index (χ0v) is 17.4. The number of hydrogen-bond acceptors (Lipinski definition) is 6. The Morgan fingerprint density at radius 2 is 1.90 bits per heavy atom. The zero-order chi connectivity index (χ0) is 21.0. The van der Waals surface area contributed by atoms with Gasteiger partial charge in [-0.1, -0.05) is 0 Å². The molecule has 2 aliphatic rings. The number of piperidine rings is 1. The van der Waals surface area contributed by atoms with Crippen LogP contribution < -0.4 is 10.6 Å². The van der Waals surface area contributed by atoms with Crippen LogP contribution in [0.5, 0.6) is 0 Å². The fraction of sp³-hybridized carbons (Fsp3) is 0.722. The Morgan fingerprint density at radius 1 is 1.24 bits per heavy atom. The number of sulfonamides is 1. The van der Waals surface area contributed by atoms with Crippen LogP contribution in [0.25, 0.3) is 0 Å². The Hall–Kier alpha value is -1.98. The number of aromatic nitrogens is 2. The third-order valence-electron chi connectivity index (χ3n) is 5.80. The minimum Gasteiger partial charge on any atom is -0.480 e. The lowest BCUT2D eigenvalue weighted by molar-refractivity contribution is -0.137. The third-order valence-corrected chi connectivity index (χ3v) is 7.08. The van der Waals surface area contributed by atoms with Gasteiger partial charge in [0.1, 0.15) is 6.54 Å². The van der Waals surface area contributed by atoms with Crippen LogP contribution in [0.3, 0.4) is 0 Å². The van der Waals surface area contributed by atoms with Gasteiger partial charge in [0.15, 0.2) is 0 Å². The summed E-state index contributed by atoms with van der Waals surface area (Å²) in [6, 6.07) is -0.0778. The number of carboxylic acid groups (broad SMARTS) is 1. The fourth-order valence-corrected chi connectivity index (χ4v) is 5.38. The molecular formula is C18H29N5O5S. The van der Waals surface area contributed by atoms with Crippen molar-refractivity contribution in [3.8, 4) is 0 Å². The molecule has 2 fully saturated rings. The van der Waals surface area contributed by atoms with E-state index in [0.717, 1.165) is 36.5 Å². The summed E-state index contributed by atoms with van der Waals surface area (Å²) in [6.07, 6.45) is 8.50. The molecule has 1 aromatic rings. The summed E-state index contributed by atoms with van der Waals surface area (Å²) in [5, 5.41) is 15.3. The third kappa shape index (κ3) is 5.55. The molecule has 10 nitrogen and oxygen atoms in total. The molecule has 1 amide bonds. The van der Waals surface area contributed by atoms with Crippen LogP contribution in [-0.2, 0) is 19.6 Å². The largest absolute Gasteiger partial charge is 0.480 e. The maximum absolute atomic E-state index is 12.7. The second-order valence-corrected chi connectivity index (χ2v) is 9.77. The lowest BCUT2D eigenvalue weighted by Gasteiger charge is -2.34. The molecule has 1 aromatic heterocycles. The van der Waals surface area contributed by atoms with E-state index in [1.807, 2.05) is 10.8 Å². The first kappa shape index (κ1) is 21.7. The predicted octanol–water partition coefficient (Wildman–Crippen LogP) is 0.651. The highest BCUT2D eigenvalue weighted by atomic mass is 32.2. The van der Waals surface area contributed by atoms with Gasteiger partial charge < -0.3 is 15.0 Å². The first-order valence-electron chi connectivity index (χ1n) is 9.98. The monoisotopic (exact) mass is 427 g/mol. The Kier molecular flexibility index (Phi) is 6.91. The van der Waals surface area contributed by atoms with E-state index in [1.165, 1.54) is 0 Å². The predicted molar refractivity (Wildman–Crippen MR) is 107 cm³/mol. The molecule has 0 aromatic carbocycles. The average molecular weight is 428 g/mol. The van der Waals surface area contributed by atoms with Gasteiger partial charge in [0.25, 0.3) is 0 Å². The highest BCUT2D eigenvalue weighted by molar-refractivity contribution is 7.88. The second kappa shape index (κ2) is 9.23. The van der Waals surface area contributed by atoms with Crippen LogP contribution in [0.4, 0.5) is 5.95 Å². The van der Waals surface area contributed by atoms with Gasteiger partial charge in [0.05, 0.1) is 6.26 Å². The van der Waals surface area contributed by atoms with Gasteiger partial charge in [-0.15, -0.1) is 0 Å². The van der Waals surface area contributed by atoms with E-state index in [9.17, 15) is 18.0 Å². The van der Waals surface area contributed by atoms with Crippen molar-refractivity contribution < 1.29 is 23.1 Å². The number of amides is 1. The smallest absolute Gasteiger partial charge is 0.318 e. The summed E-state index contributed by atoms with van der Waals surface area (Å²) >= 11 is 0. The van der Waals surface area contributed by atoms with Gasteiger partial charge in [-0.05, 0) is 51.6 Å². The van der Waals surface area contributed by atoms with E-state index in [1.54, 1.807) is 6.20 Å². The number of hydrogen-bond donors (Lipinski definition) is 3. The molecule has 162 valence electrons. The summed E-state index contributed by atoms with van der Waals surface area (Å²) in [7, 11) is -3.62. The number of imidazole rings is 1. The van der Waals surface area contributed by atoms with E-state index in [2.05, 4.69) is 15.6 Å². The molecule has 11 heteroatoms. The molecule has 3 N–H and O–H groups in total. The molecule has 0 radical (unpaired) electrons. The topological polar surface area (TPSA) is 134 Å². The molecule has 0 unspecified atom stereocenters. The van der Waals surface area contributed by atoms with Crippen molar-refractivity contribution in [1.82, 2.24) is 19.2 Å². The molecule has 1 aliphatic heterocycles. The van der Waals surface area contributed by atoms with Crippen molar-refractivity contribution >= 4 is 27.8 Å². The molecular weight excluding hydrogens is 398 g/mol. The number of nitrogens with one attached hydrogen (secondary N) is 2. The highest BCUT2D eigenvalue weighted by Crippen LogP contribution is 2.30. The van der Waals surface area contributed by atoms with E-state index >= 15 is 0 Å². The van der Waals surface area contributed by atoms with Crippen LogP contribution in [0.1, 0.15) is 44.6 Å². The van der Waals surface area contributed by atoms with Gasteiger partial charge >= 0.3 is 5.97 Å². The summed E-state index contributed by atoms with van der Waals surface area (Å²) in [4.78, 5) is 28.1. The standard InChI is InChI=1S/C18H29N5O5S/c1-29(27,28)23(12-16(24)25)15-4-2-13(3-5-15)17(26)21-18-20-10-11-22(18)14-6-8-19-9-7-14/h10-11,13-15,19H,2-9,12H2,1H3,(H,24,25)(H,20,21,26). The molecule has 3 rings (SSSR count). The van der Waals surface area contributed by atoms with E-state index < -0.39 is 22.5 Å². The van der Waals surface area contributed by atoms with Crippen LogP contribution in [-0.4, -0.2) is 71.2 Å². The van der Waals surface area contributed by atoms with Gasteiger partial charge in [0, 0.05) is 30.4 Å². The van der Waals surface area contributed by atoms with E-state index in [4.69, 9.17) is 5.11 Å². The number of carbonyl (C=O) groups is 2. The molecule has 1 aliphatic carbocycles. The van der Waals surface area contributed by atoms with Crippen molar-refractivity contribution in [2.45, 2.75) is 50.6 Å². The molecule has 1 saturated carbocycles. The molecule has 0 bridgehead atoms. The van der Waals surface area contributed by atoms with Gasteiger partial charge in [-0.3, -0.25) is 14.9 Å². The highest BCUT2D eigenvalue weighted by Gasteiger charge is 2.34. The van der Waals surface area contributed by atoms with E-state index in [0.29, 0.717) is 37.7 Å². The average Bonchev–Trinajstić information content (AvgIpc) is 3.14. The fourth-order valence-electron chi connectivity index (χ4n) is 4.28. The quantitative estimate of drug-likeness (QED) is 0.582. The van der Waals surface area contributed by atoms with Gasteiger partial charge in [0.2, 0.25) is 21.9 Å². The minimum absolute atomic E-state index is 0.117. The molecule has 29 heavy (non-hydrogen) atoms. The first-order chi connectivity index (χ1) is 13.8. The number of nitrogens with zero attached hydrogens (tertiary/aromatic N) is 3. The number of rotatable bonds is 7. The van der Waals surface area contributed by atoms with Crippen LogP contribution in [0.2, 0.25) is 0 Å². The van der Waals surface area contributed by atoms with Crippen molar-refractivity contribution in [1.29, 1.82) is 0 Å². The number of aliphatic carboxylic acids is 1. The molecule has 0 spiro atoms. The van der Waals surface area contributed by atoms with Gasteiger partial charge in [-0.25, -0.2) is 13.4 Å². The Bertz CT molecular complexity index is 825. The maximum atomic E-state index is 12.7. The van der Waals surface area contributed by atoms with Crippen molar-refractivity contribution in [3.05, 3.63) is 12.4 Å². The van der Waals surface area contributed by atoms with Crippen LogP contribution >= 0.6 is 0 Å². The maximum Gasteiger partial charge on any atom is 0.318 e. The molecule has 1 saturated heterocycles. The number of carboxylic acids is 1. The summed E-state index contributed by atoms with van der Waals surface area (Å²) in [5.74, 6) is -0.989. The normalized spacial score (nSPS) is 23.8. The number of carbonyl (C=O) groups excluding carboxylic acids is 1. The van der Waals surface area contributed by atoms with Gasteiger partial charge in [-0.2, -0.15) is 4.31 Å². The zero-order valence-electron chi connectivity index (χ0n) is 16.6. The van der Waals surface area contributed by atoms with Crippen molar-refractivity contribution in [3.63, 3.8) is 0 Å². The SMILES string of the molecule is CS(=O)(=O)N(CC(=O)O)C1CCC(C(=O)Nc2nccn2C2CCNCC2)CC1. The summed E-state index contributed by atoms with van der Waals surface area (Å²) < 4.78 is 26.9. The van der Waals surface area contributed by atoms with Crippen molar-refractivity contribution in [2.75, 3.05) is 31.2 Å². The Balaban J connectivity index is 1.58. The summed E-state index contributed by atoms with van der Waals surface area (Å²) in [5.41, 5.74) is 0. The van der Waals surface area contributed by atoms with Crippen LogP contribution in [0.15, 0.2) is 12.4 Å². The van der Waals surface area contributed by atoms with Crippen molar-refractivity contribution in [2.24, 2.45) is 5.92 Å². The van der Waals surface area contributed by atoms with Crippen LogP contribution in [0, 0.1) is 5.92 Å². The number of anilines is 1. The molecule has 2 heterocycles. The second-order valence-electron chi connectivity index (χ2n) is 7.84. The first-order valence-corrected chi connectivity index (χ1v) is 11.8. The van der Waals surface area contributed by atoms with E-state index in [-0.39, 0.29) is 17.9 Å². The Labute approximate surface area is 170 Å². The minimum atomic E-state index is -3.62. The summed E-state index contributed by atoms with van der Waals surface area (Å²) in [6.45, 7) is 1.33.